The molecule has 0 spiro atoms. The fraction of sp³-hybridized carbons (Fsp3) is 0.875. The highest BCUT2D eigenvalue weighted by Gasteiger charge is 2.23. The van der Waals surface area contributed by atoms with E-state index in [1.165, 1.54) is 0 Å². The summed E-state index contributed by atoms with van der Waals surface area (Å²) in [6.45, 7) is 6.52. The first-order valence-corrected chi connectivity index (χ1v) is 3.72. The van der Waals surface area contributed by atoms with Crippen LogP contribution in [-0.4, -0.2) is 43.7 Å². The van der Waals surface area contributed by atoms with Crippen LogP contribution in [0.25, 0.3) is 0 Å². The number of hydrogen-bond acceptors (Lipinski definition) is 1. The van der Waals surface area contributed by atoms with Crippen LogP contribution in [0.2, 0.25) is 0 Å². The van der Waals surface area contributed by atoms with Crippen molar-refractivity contribution in [3.8, 4) is 0 Å². The summed E-state index contributed by atoms with van der Waals surface area (Å²) in [5.41, 5.74) is 0. The van der Waals surface area contributed by atoms with E-state index in [4.69, 9.17) is 0 Å². The average molecular weight is 144 g/mol. The Morgan fingerprint density at radius 1 is 1.30 bits per heavy atom. The number of quaternary nitrogens is 1. The molecule has 0 aromatic carbocycles. The van der Waals surface area contributed by atoms with Gasteiger partial charge in [-0.3, -0.25) is 4.90 Å². The van der Waals surface area contributed by atoms with Crippen molar-refractivity contribution in [3.63, 3.8) is 0 Å². The predicted molar refractivity (Wildman–Crippen MR) is 45.2 cm³/mol. The zero-order chi connectivity index (χ0) is 8.36. The molecule has 0 saturated carbocycles. The molecule has 0 amide bonds. The summed E-state index contributed by atoms with van der Waals surface area (Å²) in [6, 6.07) is 0. The zero-order valence-corrected chi connectivity index (χ0v) is 8.05. The Labute approximate surface area is 65.0 Å². The third-order valence-corrected chi connectivity index (χ3v) is 2.38. The Morgan fingerprint density at radius 3 is 1.80 bits per heavy atom. The molecule has 0 N–H and O–H groups in total. The van der Waals surface area contributed by atoms with Gasteiger partial charge >= 0.3 is 0 Å². The molecule has 0 saturated heterocycles. The number of rotatable bonds is 3. The van der Waals surface area contributed by atoms with E-state index in [1.807, 2.05) is 0 Å². The lowest BCUT2D eigenvalue weighted by molar-refractivity contribution is -0.895. The highest BCUT2D eigenvalue weighted by atomic mass is 15.4. The number of nitrogens with zero attached hydrogens (tertiary/aromatic N) is 2. The molecule has 0 aliphatic heterocycles. The summed E-state index contributed by atoms with van der Waals surface area (Å²) in [5, 5.41) is 0. The van der Waals surface area contributed by atoms with Gasteiger partial charge in [0.1, 0.15) is 12.7 Å². The minimum absolute atomic E-state index is 0.546. The quantitative estimate of drug-likeness (QED) is 0.424. The highest BCUT2D eigenvalue weighted by molar-refractivity contribution is 4.49. The maximum absolute atomic E-state index is 2.22. The van der Waals surface area contributed by atoms with Gasteiger partial charge in [-0.2, -0.15) is 0 Å². The van der Waals surface area contributed by atoms with Crippen LogP contribution in [0, 0.1) is 6.54 Å². The van der Waals surface area contributed by atoms with Crippen molar-refractivity contribution < 1.29 is 4.48 Å². The van der Waals surface area contributed by atoms with Crippen LogP contribution in [0.15, 0.2) is 0 Å². The fourth-order valence-corrected chi connectivity index (χ4v) is 0.811. The van der Waals surface area contributed by atoms with Crippen molar-refractivity contribution in [2.45, 2.75) is 20.0 Å². The van der Waals surface area contributed by atoms with Gasteiger partial charge < -0.3 is 4.48 Å². The summed E-state index contributed by atoms with van der Waals surface area (Å²) in [6.07, 6.45) is 0.546. The molecule has 1 unspecified atom stereocenters. The lowest BCUT2D eigenvalue weighted by Crippen LogP contribution is -2.51. The van der Waals surface area contributed by atoms with Crippen molar-refractivity contribution in [1.29, 1.82) is 0 Å². The molecule has 0 aromatic heterocycles. The van der Waals surface area contributed by atoms with E-state index in [0.717, 1.165) is 4.48 Å². The lowest BCUT2D eigenvalue weighted by Gasteiger charge is -2.37. The van der Waals surface area contributed by atoms with E-state index in [2.05, 4.69) is 53.5 Å². The lowest BCUT2D eigenvalue weighted by atomic mass is 10.3. The van der Waals surface area contributed by atoms with Gasteiger partial charge in [-0.15, -0.1) is 0 Å². The van der Waals surface area contributed by atoms with Gasteiger partial charge in [0.25, 0.3) is 0 Å². The molecule has 0 fully saturated rings. The SMILES string of the molecule is C[CH][N+](C)(C)C(C)N(C)C. The molecule has 2 nitrogen and oxygen atoms in total. The summed E-state index contributed by atoms with van der Waals surface area (Å²) in [7, 11) is 8.61. The summed E-state index contributed by atoms with van der Waals surface area (Å²) < 4.78 is 0.938. The van der Waals surface area contributed by atoms with Crippen molar-refractivity contribution in [2.24, 2.45) is 0 Å². The van der Waals surface area contributed by atoms with Gasteiger partial charge in [-0.25, -0.2) is 0 Å². The van der Waals surface area contributed by atoms with E-state index in [0.29, 0.717) is 6.17 Å². The van der Waals surface area contributed by atoms with E-state index >= 15 is 0 Å². The summed E-state index contributed by atoms with van der Waals surface area (Å²) >= 11 is 0. The van der Waals surface area contributed by atoms with Crippen LogP contribution < -0.4 is 0 Å². The van der Waals surface area contributed by atoms with Gasteiger partial charge in [-0.1, -0.05) is 0 Å². The van der Waals surface area contributed by atoms with Crippen LogP contribution >= 0.6 is 0 Å². The largest absolute Gasteiger partial charge is 0.307 e. The molecule has 0 aliphatic rings. The van der Waals surface area contributed by atoms with E-state index in [-0.39, 0.29) is 0 Å². The topological polar surface area (TPSA) is 3.24 Å². The van der Waals surface area contributed by atoms with Gasteiger partial charge in [-0.05, 0) is 21.0 Å². The molecule has 10 heavy (non-hydrogen) atoms. The minimum atomic E-state index is 0.546. The first kappa shape index (κ1) is 9.92. The maximum Gasteiger partial charge on any atom is 0.141 e. The van der Waals surface area contributed by atoms with Crippen LogP contribution in [0.3, 0.4) is 0 Å². The van der Waals surface area contributed by atoms with Gasteiger partial charge in [0.15, 0.2) is 0 Å². The van der Waals surface area contributed by atoms with E-state index in [9.17, 15) is 0 Å². The molecule has 1 atom stereocenters. The van der Waals surface area contributed by atoms with Crippen molar-refractivity contribution >= 4 is 0 Å². The van der Waals surface area contributed by atoms with Crippen LogP contribution in [0.1, 0.15) is 13.8 Å². The predicted octanol–water partition coefficient (Wildman–Crippen LogP) is 1.15. The molecule has 0 rings (SSSR count). The summed E-state index contributed by atoms with van der Waals surface area (Å²) in [5.74, 6) is 0. The Morgan fingerprint density at radius 2 is 1.70 bits per heavy atom. The maximum atomic E-state index is 2.22. The first-order valence-electron chi connectivity index (χ1n) is 3.72. The Hall–Kier alpha value is -0.0800. The molecule has 0 heterocycles. The average Bonchev–Trinajstić information content (AvgIpc) is 1.86. The smallest absolute Gasteiger partial charge is 0.141 e. The van der Waals surface area contributed by atoms with Crippen LogP contribution in [-0.2, 0) is 0 Å². The van der Waals surface area contributed by atoms with Crippen molar-refractivity contribution in [1.82, 2.24) is 4.90 Å². The molecule has 0 bridgehead atoms. The Balaban J connectivity index is 4.03. The van der Waals surface area contributed by atoms with Gasteiger partial charge in [0, 0.05) is 6.92 Å². The van der Waals surface area contributed by atoms with E-state index < -0.39 is 0 Å². The first-order chi connectivity index (χ1) is 4.41. The Kier molecular flexibility index (Phi) is 3.33. The molecule has 0 aliphatic carbocycles. The second-order valence-corrected chi connectivity index (χ2v) is 3.48. The number of hydrogen-bond donors (Lipinski definition) is 0. The molecule has 1 radical (unpaired) electrons. The highest BCUT2D eigenvalue weighted by Crippen LogP contribution is 2.09. The third-order valence-electron chi connectivity index (χ3n) is 2.38. The van der Waals surface area contributed by atoms with Crippen LogP contribution in [0.5, 0.6) is 0 Å². The minimum Gasteiger partial charge on any atom is -0.307 e. The van der Waals surface area contributed by atoms with Gasteiger partial charge in [0.2, 0.25) is 0 Å². The van der Waals surface area contributed by atoms with Gasteiger partial charge in [0.05, 0.1) is 14.1 Å². The van der Waals surface area contributed by atoms with Crippen molar-refractivity contribution in [2.75, 3.05) is 28.2 Å². The third kappa shape index (κ3) is 2.27. The van der Waals surface area contributed by atoms with Crippen LogP contribution in [0.4, 0.5) is 0 Å². The Bertz CT molecular complexity index is 97.4. The molecule has 2 heteroatoms. The standard InChI is InChI=1S/C8H20N2/c1-7-10(5,6)8(2)9(3)4/h7-8H,1-6H3/q+1. The molecule has 61 valence electrons. The zero-order valence-electron chi connectivity index (χ0n) is 8.05. The van der Waals surface area contributed by atoms with E-state index in [1.54, 1.807) is 0 Å². The second kappa shape index (κ2) is 3.35. The van der Waals surface area contributed by atoms with Crippen molar-refractivity contribution in [3.05, 3.63) is 6.54 Å². The molecule has 0 aromatic rings. The normalized spacial score (nSPS) is 15.9. The monoisotopic (exact) mass is 144 g/mol. The fourth-order valence-electron chi connectivity index (χ4n) is 0.811. The summed E-state index contributed by atoms with van der Waals surface area (Å²) in [4.78, 5) is 2.22. The molecular formula is C8H20N2+. The second-order valence-electron chi connectivity index (χ2n) is 3.48. The molecular weight excluding hydrogens is 124 g/mol.